The standard InChI is InChI=1S/C37H37ClFN5O4S/c1-7-25-17-26(43(5)40-25)20-49-27-16-23-15-24(39)9-10-28(23)32(18-27)48-14-8-13-44-31-12-11-29(38)35(33(31)21(2)36(44)37(46)47-6)34-22(3)42(4)41-30(34)19-45/h9-12,15-19H,7-8,13-14,20H2,1-6H3. The molecule has 0 spiro atoms. The van der Waals surface area contributed by atoms with Gasteiger partial charge in [0.1, 0.15) is 23.0 Å². The van der Waals surface area contributed by atoms with Gasteiger partial charge in [-0.3, -0.25) is 14.2 Å². The fourth-order valence-corrected chi connectivity index (χ4v) is 7.63. The van der Waals surface area contributed by atoms with Crippen LogP contribution in [0.2, 0.25) is 5.02 Å². The fourth-order valence-electron chi connectivity index (χ4n) is 6.40. The number of aryl methyl sites for hydroxylation is 5. The molecule has 0 N–H and O–H groups in total. The Morgan fingerprint density at radius 2 is 1.84 bits per heavy atom. The van der Waals surface area contributed by atoms with Crippen LogP contribution < -0.4 is 4.74 Å². The molecule has 0 aliphatic carbocycles. The highest BCUT2D eigenvalue weighted by atomic mass is 35.5. The number of ether oxygens (including phenoxy) is 2. The predicted octanol–water partition coefficient (Wildman–Crippen LogP) is 8.26. The number of hydrogen-bond donors (Lipinski definition) is 0. The zero-order valence-electron chi connectivity index (χ0n) is 28.3. The maximum absolute atomic E-state index is 14.3. The van der Waals surface area contributed by atoms with Crippen LogP contribution in [-0.2, 0) is 37.6 Å². The molecule has 6 rings (SSSR count). The van der Waals surface area contributed by atoms with Gasteiger partial charge in [0.25, 0.3) is 0 Å². The summed E-state index contributed by atoms with van der Waals surface area (Å²) in [4.78, 5) is 26.2. The van der Waals surface area contributed by atoms with Crippen LogP contribution in [0, 0.1) is 19.7 Å². The number of carbonyl (C=O) groups is 2. The summed E-state index contributed by atoms with van der Waals surface area (Å²) in [6.07, 6.45) is 2.13. The average molecular weight is 702 g/mol. The minimum atomic E-state index is -0.479. The Hall–Kier alpha value is -4.61. The first kappa shape index (κ1) is 34.3. The van der Waals surface area contributed by atoms with E-state index in [1.54, 1.807) is 35.6 Å². The summed E-state index contributed by atoms with van der Waals surface area (Å²) in [6, 6.07) is 14.4. The second kappa shape index (κ2) is 14.1. The van der Waals surface area contributed by atoms with E-state index in [4.69, 9.17) is 21.1 Å². The lowest BCUT2D eigenvalue weighted by Gasteiger charge is -2.14. The molecule has 254 valence electrons. The van der Waals surface area contributed by atoms with E-state index >= 15 is 0 Å². The number of aromatic nitrogens is 5. The van der Waals surface area contributed by atoms with Gasteiger partial charge in [-0.1, -0.05) is 18.5 Å². The molecule has 0 atom stereocenters. The smallest absolute Gasteiger partial charge is 0.354 e. The molecule has 0 aliphatic rings. The van der Waals surface area contributed by atoms with Crippen LogP contribution in [0.4, 0.5) is 4.39 Å². The van der Waals surface area contributed by atoms with E-state index in [9.17, 15) is 14.0 Å². The number of fused-ring (bicyclic) bond motifs is 2. The van der Waals surface area contributed by atoms with Crippen molar-refractivity contribution in [3.05, 3.63) is 93.4 Å². The maximum atomic E-state index is 14.3. The Bertz CT molecular complexity index is 2240. The molecule has 49 heavy (non-hydrogen) atoms. The maximum Gasteiger partial charge on any atom is 0.354 e. The van der Waals surface area contributed by atoms with Crippen molar-refractivity contribution < 1.29 is 23.5 Å². The normalized spacial score (nSPS) is 11.5. The van der Waals surface area contributed by atoms with E-state index < -0.39 is 5.97 Å². The second-order valence-corrected chi connectivity index (χ2v) is 13.4. The van der Waals surface area contributed by atoms with Crippen molar-refractivity contribution >= 4 is 57.3 Å². The van der Waals surface area contributed by atoms with E-state index in [0.29, 0.717) is 58.5 Å². The molecule has 0 bridgehead atoms. The first-order valence-corrected chi connectivity index (χ1v) is 17.3. The number of thioether (sulfide) groups is 1. The van der Waals surface area contributed by atoms with Gasteiger partial charge in [0.15, 0.2) is 6.29 Å². The van der Waals surface area contributed by atoms with Crippen molar-refractivity contribution in [3.63, 3.8) is 0 Å². The van der Waals surface area contributed by atoms with Crippen LogP contribution in [0.25, 0.3) is 32.8 Å². The lowest BCUT2D eigenvalue weighted by atomic mass is 9.97. The van der Waals surface area contributed by atoms with Crippen molar-refractivity contribution in [2.45, 2.75) is 50.8 Å². The van der Waals surface area contributed by atoms with Crippen molar-refractivity contribution in [2.75, 3.05) is 13.7 Å². The summed E-state index contributed by atoms with van der Waals surface area (Å²) in [5.74, 6) is 0.570. The summed E-state index contributed by atoms with van der Waals surface area (Å²) in [6.45, 7) is 6.58. The highest BCUT2D eigenvalue weighted by Gasteiger charge is 2.27. The third kappa shape index (κ3) is 6.45. The molecule has 0 amide bonds. The van der Waals surface area contributed by atoms with E-state index in [2.05, 4.69) is 23.2 Å². The Morgan fingerprint density at radius 1 is 1.04 bits per heavy atom. The lowest BCUT2D eigenvalue weighted by molar-refractivity contribution is 0.0587. The molecular formula is C37H37ClFN5O4S. The molecule has 9 nitrogen and oxygen atoms in total. The third-order valence-corrected chi connectivity index (χ3v) is 10.3. The molecule has 0 aliphatic heterocycles. The third-order valence-electron chi connectivity index (χ3n) is 8.93. The van der Waals surface area contributed by atoms with E-state index in [-0.39, 0.29) is 11.5 Å². The SMILES string of the molecule is CCc1cc(CSc2cc(OCCCn3c(C(=O)OC)c(C)c4c(-c5c(C=O)nn(C)c5C)c(Cl)ccc43)c3ccc(F)cc3c2)n(C)n1. The van der Waals surface area contributed by atoms with Gasteiger partial charge in [0.2, 0.25) is 0 Å². The number of halogens is 2. The second-order valence-electron chi connectivity index (χ2n) is 11.9. The first-order chi connectivity index (χ1) is 23.6. The molecule has 3 heterocycles. The summed E-state index contributed by atoms with van der Waals surface area (Å²) in [5.41, 5.74) is 6.33. The quantitative estimate of drug-likeness (QED) is 0.0549. The Morgan fingerprint density at radius 3 is 2.55 bits per heavy atom. The van der Waals surface area contributed by atoms with Gasteiger partial charge in [-0.15, -0.1) is 11.8 Å². The van der Waals surface area contributed by atoms with Gasteiger partial charge in [-0.2, -0.15) is 10.2 Å². The molecule has 0 fully saturated rings. The zero-order chi connectivity index (χ0) is 35.0. The summed E-state index contributed by atoms with van der Waals surface area (Å²) < 4.78 is 31.4. The Labute approximate surface area is 292 Å². The number of hydrogen-bond acceptors (Lipinski definition) is 7. The lowest BCUT2D eigenvalue weighted by Crippen LogP contribution is -2.13. The average Bonchev–Trinajstić information content (AvgIpc) is 3.70. The topological polar surface area (TPSA) is 93.2 Å². The molecule has 0 saturated carbocycles. The highest BCUT2D eigenvalue weighted by molar-refractivity contribution is 7.98. The van der Waals surface area contributed by atoms with Gasteiger partial charge in [0, 0.05) is 75.1 Å². The number of nitrogens with zero attached hydrogens (tertiary/aromatic N) is 5. The van der Waals surface area contributed by atoms with Crippen LogP contribution in [-0.4, -0.2) is 50.1 Å². The summed E-state index contributed by atoms with van der Waals surface area (Å²) >= 11 is 8.45. The first-order valence-electron chi connectivity index (χ1n) is 16.0. The number of benzene rings is 3. The molecule has 0 saturated heterocycles. The minimum absolute atomic E-state index is 0.271. The number of esters is 1. The van der Waals surface area contributed by atoms with Crippen molar-refractivity contribution in [1.82, 2.24) is 24.1 Å². The molecular weight excluding hydrogens is 665 g/mol. The fraction of sp³-hybridized carbons (Fsp3) is 0.297. The predicted molar refractivity (Wildman–Crippen MR) is 192 cm³/mol. The van der Waals surface area contributed by atoms with Gasteiger partial charge in [-0.05, 0) is 86.2 Å². The molecule has 6 aromatic rings. The summed E-state index contributed by atoms with van der Waals surface area (Å²) in [5, 5.41) is 11.7. The zero-order valence-corrected chi connectivity index (χ0v) is 29.8. The number of methoxy groups -OCH3 is 1. The van der Waals surface area contributed by atoms with Crippen LogP contribution in [0.3, 0.4) is 0 Å². The molecule has 0 unspecified atom stereocenters. The molecule has 12 heteroatoms. The number of carbonyl (C=O) groups excluding carboxylic acids is 2. The largest absolute Gasteiger partial charge is 0.493 e. The van der Waals surface area contributed by atoms with Crippen molar-refractivity contribution in [1.29, 1.82) is 0 Å². The van der Waals surface area contributed by atoms with E-state index in [0.717, 1.165) is 56.4 Å². The molecule has 3 aromatic heterocycles. The van der Waals surface area contributed by atoms with Gasteiger partial charge < -0.3 is 14.0 Å². The molecule has 0 radical (unpaired) electrons. The van der Waals surface area contributed by atoms with E-state index in [1.807, 2.05) is 48.3 Å². The van der Waals surface area contributed by atoms with Crippen LogP contribution in [0.15, 0.2) is 53.4 Å². The van der Waals surface area contributed by atoms with Gasteiger partial charge in [-0.25, -0.2) is 9.18 Å². The number of aldehydes is 1. The van der Waals surface area contributed by atoms with Crippen LogP contribution in [0.5, 0.6) is 5.75 Å². The van der Waals surface area contributed by atoms with Crippen molar-refractivity contribution in [2.24, 2.45) is 14.1 Å². The summed E-state index contributed by atoms with van der Waals surface area (Å²) in [7, 11) is 5.07. The molecule has 3 aromatic carbocycles. The Balaban J connectivity index is 1.30. The van der Waals surface area contributed by atoms with Gasteiger partial charge in [0.05, 0.1) is 19.4 Å². The minimum Gasteiger partial charge on any atom is -0.493 e. The monoisotopic (exact) mass is 701 g/mol. The highest BCUT2D eigenvalue weighted by Crippen LogP contribution is 2.42. The van der Waals surface area contributed by atoms with E-state index in [1.165, 1.54) is 19.2 Å². The van der Waals surface area contributed by atoms with Crippen molar-refractivity contribution in [3.8, 4) is 16.9 Å². The number of rotatable bonds is 12. The van der Waals surface area contributed by atoms with Crippen LogP contribution >= 0.6 is 23.4 Å². The Kier molecular flexibility index (Phi) is 9.85. The van der Waals surface area contributed by atoms with Crippen LogP contribution in [0.1, 0.15) is 57.0 Å². The van der Waals surface area contributed by atoms with Gasteiger partial charge >= 0.3 is 5.97 Å².